The maximum Gasteiger partial charge on any atom is 0.326 e. The molecule has 1 aromatic carbocycles. The van der Waals surface area contributed by atoms with Crippen molar-refractivity contribution in [3.05, 3.63) is 23.8 Å². The van der Waals surface area contributed by atoms with Gasteiger partial charge in [0.1, 0.15) is 12.1 Å². The van der Waals surface area contributed by atoms with Crippen LogP contribution in [0.2, 0.25) is 0 Å². The smallest absolute Gasteiger partial charge is 0.326 e. The number of phenolic OH excluding ortho intramolecular Hbond substituents is 2. The van der Waals surface area contributed by atoms with Crippen molar-refractivity contribution in [2.75, 3.05) is 13.7 Å². The van der Waals surface area contributed by atoms with Crippen LogP contribution in [0, 0.1) is 0 Å². The molecule has 2 unspecified atom stereocenters. The lowest BCUT2D eigenvalue weighted by atomic mass is 10.0. The highest BCUT2D eigenvalue weighted by molar-refractivity contribution is 5.87. The summed E-state index contributed by atoms with van der Waals surface area (Å²) < 4.78 is 4.72. The highest BCUT2D eigenvalue weighted by Gasteiger charge is 2.23. The lowest BCUT2D eigenvalue weighted by molar-refractivity contribution is -0.142. The largest absolute Gasteiger partial charge is 0.504 e. The van der Waals surface area contributed by atoms with Crippen LogP contribution in [0.15, 0.2) is 18.2 Å². The highest BCUT2D eigenvalue weighted by Crippen LogP contribution is 2.25. The SMILES string of the molecule is COCC(N)C(=O)NC(Cc1ccc(O)c(O)c1)C(=O)O. The van der Waals surface area contributed by atoms with E-state index in [1.54, 1.807) is 0 Å². The summed E-state index contributed by atoms with van der Waals surface area (Å²) in [5.41, 5.74) is 5.95. The van der Waals surface area contributed by atoms with Crippen molar-refractivity contribution >= 4 is 11.9 Å². The molecule has 0 radical (unpaired) electrons. The van der Waals surface area contributed by atoms with E-state index in [9.17, 15) is 19.8 Å². The quantitative estimate of drug-likeness (QED) is 0.414. The standard InChI is InChI=1S/C13H18N2O6/c1-21-6-8(14)12(18)15-9(13(19)20)4-7-2-3-10(16)11(17)5-7/h2-3,5,8-9,16-17H,4,6,14H2,1H3,(H,15,18)(H,19,20). The molecule has 6 N–H and O–H groups in total. The first-order valence-corrected chi connectivity index (χ1v) is 6.13. The maximum absolute atomic E-state index is 11.7. The number of phenols is 2. The number of ether oxygens (including phenoxy) is 1. The van der Waals surface area contributed by atoms with Gasteiger partial charge in [-0.3, -0.25) is 4.79 Å². The fraction of sp³-hybridized carbons (Fsp3) is 0.385. The van der Waals surface area contributed by atoms with E-state index in [2.05, 4.69) is 5.32 Å². The molecular weight excluding hydrogens is 280 g/mol. The number of rotatable bonds is 7. The molecule has 1 rings (SSSR count). The van der Waals surface area contributed by atoms with Crippen LogP contribution in [0.1, 0.15) is 5.56 Å². The van der Waals surface area contributed by atoms with Crippen molar-refractivity contribution in [3.8, 4) is 11.5 Å². The molecule has 0 heterocycles. The minimum atomic E-state index is -1.24. The topological polar surface area (TPSA) is 142 Å². The molecular formula is C13H18N2O6. The second-order valence-electron chi connectivity index (χ2n) is 4.49. The number of nitrogens with one attached hydrogen (secondary N) is 1. The molecule has 0 fully saturated rings. The molecule has 0 spiro atoms. The number of methoxy groups -OCH3 is 1. The molecule has 0 aliphatic rings. The normalized spacial score (nSPS) is 13.4. The third kappa shape index (κ3) is 4.93. The van der Waals surface area contributed by atoms with Crippen LogP contribution >= 0.6 is 0 Å². The van der Waals surface area contributed by atoms with Crippen LogP contribution in [-0.2, 0) is 20.7 Å². The number of carboxylic acids is 1. The van der Waals surface area contributed by atoms with E-state index in [1.807, 2.05) is 0 Å². The van der Waals surface area contributed by atoms with Crippen LogP contribution in [-0.4, -0.2) is 53.0 Å². The van der Waals surface area contributed by atoms with Crippen LogP contribution < -0.4 is 11.1 Å². The number of benzene rings is 1. The lowest BCUT2D eigenvalue weighted by Crippen LogP contribution is -2.50. The first-order chi connectivity index (χ1) is 9.85. The predicted molar refractivity (Wildman–Crippen MR) is 72.9 cm³/mol. The molecule has 8 nitrogen and oxygen atoms in total. The first-order valence-electron chi connectivity index (χ1n) is 6.13. The zero-order chi connectivity index (χ0) is 16.0. The van der Waals surface area contributed by atoms with Gasteiger partial charge in [-0.05, 0) is 17.7 Å². The van der Waals surface area contributed by atoms with Gasteiger partial charge in [0.2, 0.25) is 5.91 Å². The monoisotopic (exact) mass is 298 g/mol. The van der Waals surface area contributed by atoms with Crippen molar-refractivity contribution in [2.24, 2.45) is 5.73 Å². The molecule has 0 bridgehead atoms. The summed E-state index contributed by atoms with van der Waals surface area (Å²) >= 11 is 0. The van der Waals surface area contributed by atoms with Crippen molar-refractivity contribution in [3.63, 3.8) is 0 Å². The molecule has 0 saturated heterocycles. The van der Waals surface area contributed by atoms with E-state index in [0.29, 0.717) is 5.56 Å². The highest BCUT2D eigenvalue weighted by atomic mass is 16.5. The molecule has 21 heavy (non-hydrogen) atoms. The van der Waals surface area contributed by atoms with Crippen LogP contribution in [0.25, 0.3) is 0 Å². The van der Waals surface area contributed by atoms with Crippen molar-refractivity contribution < 1.29 is 29.6 Å². The Kier molecular flexibility index (Phi) is 5.94. The van der Waals surface area contributed by atoms with E-state index < -0.39 is 24.0 Å². The Morgan fingerprint density at radius 2 is 2.00 bits per heavy atom. The summed E-state index contributed by atoms with van der Waals surface area (Å²) in [6.07, 6.45) is -0.0609. The van der Waals surface area contributed by atoms with Gasteiger partial charge in [-0.15, -0.1) is 0 Å². The number of carbonyl (C=O) groups is 2. The maximum atomic E-state index is 11.7. The van der Waals surface area contributed by atoms with E-state index >= 15 is 0 Å². The van der Waals surface area contributed by atoms with Crippen LogP contribution in [0.3, 0.4) is 0 Å². The number of hydrogen-bond acceptors (Lipinski definition) is 6. The second-order valence-corrected chi connectivity index (χ2v) is 4.49. The fourth-order valence-electron chi connectivity index (χ4n) is 1.67. The molecule has 8 heteroatoms. The van der Waals surface area contributed by atoms with Gasteiger partial charge in [0.05, 0.1) is 6.61 Å². The Bertz CT molecular complexity index is 519. The van der Waals surface area contributed by atoms with E-state index in [4.69, 9.17) is 15.6 Å². The van der Waals surface area contributed by atoms with Gasteiger partial charge < -0.3 is 31.1 Å². The molecule has 2 atom stereocenters. The molecule has 1 aromatic rings. The van der Waals surface area contributed by atoms with Crippen LogP contribution in [0.5, 0.6) is 11.5 Å². The Balaban J connectivity index is 2.76. The Morgan fingerprint density at radius 3 is 2.52 bits per heavy atom. The van der Waals surface area contributed by atoms with Gasteiger partial charge in [0.25, 0.3) is 0 Å². The van der Waals surface area contributed by atoms with Gasteiger partial charge >= 0.3 is 5.97 Å². The van der Waals surface area contributed by atoms with E-state index in [1.165, 1.54) is 25.3 Å². The molecule has 116 valence electrons. The Morgan fingerprint density at radius 1 is 1.33 bits per heavy atom. The Labute approximate surface area is 121 Å². The number of aliphatic carboxylic acids is 1. The third-order valence-electron chi connectivity index (χ3n) is 2.78. The zero-order valence-corrected chi connectivity index (χ0v) is 11.4. The van der Waals surface area contributed by atoms with Gasteiger partial charge in [0.15, 0.2) is 11.5 Å². The number of amides is 1. The average Bonchev–Trinajstić information content (AvgIpc) is 2.42. The summed E-state index contributed by atoms with van der Waals surface area (Å²) in [6.45, 7) is -0.0296. The van der Waals surface area contributed by atoms with Gasteiger partial charge in [-0.2, -0.15) is 0 Å². The van der Waals surface area contributed by atoms with E-state index in [0.717, 1.165) is 0 Å². The summed E-state index contributed by atoms with van der Waals surface area (Å²) in [5.74, 6) is -2.55. The summed E-state index contributed by atoms with van der Waals surface area (Å²) in [5, 5.41) is 30.0. The number of carboxylic acid groups (broad SMARTS) is 1. The first kappa shape index (κ1) is 16.7. The Hall–Kier alpha value is -2.32. The van der Waals surface area contributed by atoms with Crippen molar-refractivity contribution in [2.45, 2.75) is 18.5 Å². The van der Waals surface area contributed by atoms with Crippen molar-refractivity contribution in [1.29, 1.82) is 0 Å². The summed E-state index contributed by atoms with van der Waals surface area (Å²) in [4.78, 5) is 22.9. The van der Waals surface area contributed by atoms with Crippen molar-refractivity contribution in [1.82, 2.24) is 5.32 Å². The molecule has 0 aromatic heterocycles. The minimum absolute atomic E-state index is 0.0296. The molecule has 0 saturated carbocycles. The van der Waals surface area contributed by atoms with Gasteiger partial charge in [-0.25, -0.2) is 4.79 Å². The van der Waals surface area contributed by atoms with Gasteiger partial charge in [0, 0.05) is 13.5 Å². The van der Waals surface area contributed by atoms with Gasteiger partial charge in [-0.1, -0.05) is 6.07 Å². The molecule has 1 amide bonds. The summed E-state index contributed by atoms with van der Waals surface area (Å²) in [7, 11) is 1.38. The number of aromatic hydroxyl groups is 2. The second kappa shape index (κ2) is 7.46. The predicted octanol–water partition coefficient (Wildman–Crippen LogP) is -0.817. The third-order valence-corrected chi connectivity index (χ3v) is 2.78. The lowest BCUT2D eigenvalue weighted by Gasteiger charge is -2.17. The fourth-order valence-corrected chi connectivity index (χ4v) is 1.67. The number of carbonyl (C=O) groups excluding carboxylic acids is 1. The van der Waals surface area contributed by atoms with Crippen LogP contribution in [0.4, 0.5) is 0 Å². The molecule has 0 aliphatic carbocycles. The average molecular weight is 298 g/mol. The molecule has 0 aliphatic heterocycles. The summed E-state index contributed by atoms with van der Waals surface area (Å²) in [6, 6.07) is 1.75. The minimum Gasteiger partial charge on any atom is -0.504 e. The number of nitrogens with two attached hydrogens (primary N) is 1. The van der Waals surface area contributed by atoms with E-state index in [-0.39, 0.29) is 24.5 Å². The number of hydrogen-bond donors (Lipinski definition) is 5. The zero-order valence-electron chi connectivity index (χ0n) is 11.4.